The Bertz CT molecular complexity index is 766. The Hall–Kier alpha value is -2.80. The first-order valence-electron chi connectivity index (χ1n) is 7.93. The number of hydrogen-bond acceptors (Lipinski definition) is 5. The number of nitrogens with one attached hydrogen (secondary N) is 2. The maximum absolute atomic E-state index is 11.3. The zero-order valence-electron chi connectivity index (χ0n) is 15.2. The van der Waals surface area contributed by atoms with Crippen molar-refractivity contribution in [2.24, 2.45) is 0 Å². The van der Waals surface area contributed by atoms with Gasteiger partial charge in [0.15, 0.2) is 22.4 Å². The topological polar surface area (TPSA) is 68.8 Å². The summed E-state index contributed by atoms with van der Waals surface area (Å²) in [4.78, 5) is 11.3. The van der Waals surface area contributed by atoms with Gasteiger partial charge in [-0.2, -0.15) is 0 Å². The monoisotopic (exact) mass is 374 g/mol. The molecule has 0 aliphatic carbocycles. The van der Waals surface area contributed by atoms with E-state index in [1.165, 1.54) is 6.92 Å². The van der Waals surface area contributed by atoms with Gasteiger partial charge >= 0.3 is 0 Å². The predicted molar refractivity (Wildman–Crippen MR) is 106 cm³/mol. The Kier molecular flexibility index (Phi) is 6.80. The molecule has 0 bridgehead atoms. The molecule has 0 aliphatic rings. The van der Waals surface area contributed by atoms with E-state index in [1.807, 2.05) is 24.3 Å². The van der Waals surface area contributed by atoms with Gasteiger partial charge < -0.3 is 24.8 Å². The van der Waals surface area contributed by atoms with Crippen molar-refractivity contribution < 1.29 is 19.0 Å². The van der Waals surface area contributed by atoms with E-state index >= 15 is 0 Å². The van der Waals surface area contributed by atoms with Crippen molar-refractivity contribution in [3.05, 3.63) is 47.5 Å². The second-order valence-corrected chi connectivity index (χ2v) is 5.88. The third kappa shape index (κ3) is 4.86. The van der Waals surface area contributed by atoms with Crippen molar-refractivity contribution in [1.29, 1.82) is 0 Å². The van der Waals surface area contributed by atoms with Crippen LogP contribution in [0.1, 0.15) is 22.8 Å². The van der Waals surface area contributed by atoms with Crippen LogP contribution in [0.2, 0.25) is 0 Å². The molecule has 0 spiro atoms. The number of hydrogen-bond donors (Lipinski definition) is 2. The van der Waals surface area contributed by atoms with Gasteiger partial charge in [-0.3, -0.25) is 4.79 Å². The molecule has 2 rings (SSSR count). The Morgan fingerprint density at radius 2 is 1.58 bits per heavy atom. The summed E-state index contributed by atoms with van der Waals surface area (Å²) in [6.07, 6.45) is 0. The van der Waals surface area contributed by atoms with Gasteiger partial charge in [-0.05, 0) is 61.1 Å². The Morgan fingerprint density at radius 1 is 1.00 bits per heavy atom. The summed E-state index contributed by atoms with van der Waals surface area (Å²) < 4.78 is 16.0. The molecular formula is C19H22N2O4S. The number of anilines is 1. The molecule has 0 radical (unpaired) electrons. The second-order valence-electron chi connectivity index (χ2n) is 5.47. The molecule has 0 fully saturated rings. The average molecular weight is 374 g/mol. The molecule has 0 saturated heterocycles. The first-order valence-corrected chi connectivity index (χ1v) is 8.34. The number of benzene rings is 2. The van der Waals surface area contributed by atoms with Crippen LogP contribution in [0.25, 0.3) is 0 Å². The quantitative estimate of drug-likeness (QED) is 0.569. The summed E-state index contributed by atoms with van der Waals surface area (Å²) in [5, 5.41) is 6.67. The van der Waals surface area contributed by atoms with Crippen molar-refractivity contribution in [1.82, 2.24) is 5.32 Å². The van der Waals surface area contributed by atoms with Gasteiger partial charge in [0.1, 0.15) is 0 Å². The second kappa shape index (κ2) is 9.05. The number of carbonyl (C=O) groups excluding carboxylic acids is 1. The molecule has 7 heteroatoms. The van der Waals surface area contributed by atoms with Gasteiger partial charge in [0, 0.05) is 17.8 Å². The molecule has 26 heavy (non-hydrogen) atoms. The molecular weight excluding hydrogens is 352 g/mol. The summed E-state index contributed by atoms with van der Waals surface area (Å²) in [7, 11) is 4.71. The summed E-state index contributed by atoms with van der Waals surface area (Å²) in [5.74, 6) is 1.74. The Morgan fingerprint density at radius 3 is 2.04 bits per heavy atom. The highest BCUT2D eigenvalue weighted by Crippen LogP contribution is 2.38. The number of methoxy groups -OCH3 is 3. The minimum Gasteiger partial charge on any atom is -0.493 e. The van der Waals surface area contributed by atoms with Crippen molar-refractivity contribution in [2.45, 2.75) is 13.5 Å². The van der Waals surface area contributed by atoms with Crippen LogP contribution in [0.15, 0.2) is 36.4 Å². The van der Waals surface area contributed by atoms with Crippen LogP contribution in [0.4, 0.5) is 5.69 Å². The maximum Gasteiger partial charge on any atom is 0.203 e. The number of carbonyl (C=O) groups is 1. The number of Topliss-reactive ketones (excluding diaryl/α,β-unsaturated/α-hetero) is 1. The first kappa shape index (κ1) is 19.5. The smallest absolute Gasteiger partial charge is 0.203 e. The zero-order chi connectivity index (χ0) is 19.1. The predicted octanol–water partition coefficient (Wildman–Crippen LogP) is 3.40. The zero-order valence-corrected chi connectivity index (χ0v) is 16.0. The van der Waals surface area contributed by atoms with Crippen LogP contribution < -0.4 is 24.8 Å². The van der Waals surface area contributed by atoms with E-state index < -0.39 is 0 Å². The Balaban J connectivity index is 2.01. The molecule has 0 saturated carbocycles. The fourth-order valence-electron chi connectivity index (χ4n) is 2.38. The van der Waals surface area contributed by atoms with E-state index in [-0.39, 0.29) is 5.78 Å². The standard InChI is InChI=1S/C19H22N2O4S/c1-12(22)14-5-7-15(8-6-14)21-19(26)20-11-13-9-16(23-2)18(25-4)17(10-13)24-3/h5-10H,11H2,1-4H3,(H2,20,21,26). The van der Waals surface area contributed by atoms with E-state index in [2.05, 4.69) is 10.6 Å². The molecule has 0 atom stereocenters. The highest BCUT2D eigenvalue weighted by molar-refractivity contribution is 7.80. The van der Waals surface area contributed by atoms with Crippen LogP contribution >= 0.6 is 12.2 Å². The normalized spacial score (nSPS) is 10.0. The van der Waals surface area contributed by atoms with Crippen molar-refractivity contribution >= 4 is 28.8 Å². The fourth-order valence-corrected chi connectivity index (χ4v) is 2.57. The van der Waals surface area contributed by atoms with E-state index in [0.717, 1.165) is 11.3 Å². The molecule has 138 valence electrons. The summed E-state index contributed by atoms with van der Waals surface area (Å²) in [6.45, 7) is 2.01. The fraction of sp³-hybridized carbons (Fsp3) is 0.263. The van der Waals surface area contributed by atoms with Crippen LogP contribution in [0, 0.1) is 0 Å². The lowest BCUT2D eigenvalue weighted by molar-refractivity contribution is 0.101. The summed E-state index contributed by atoms with van der Waals surface area (Å²) >= 11 is 5.31. The van der Waals surface area contributed by atoms with Crippen molar-refractivity contribution in [3.8, 4) is 17.2 Å². The lowest BCUT2D eigenvalue weighted by atomic mass is 10.1. The average Bonchev–Trinajstić information content (AvgIpc) is 2.65. The highest BCUT2D eigenvalue weighted by atomic mass is 32.1. The summed E-state index contributed by atoms with van der Waals surface area (Å²) in [6, 6.07) is 10.9. The maximum atomic E-state index is 11.3. The van der Waals surface area contributed by atoms with E-state index in [1.54, 1.807) is 33.5 Å². The Labute approximate surface area is 158 Å². The molecule has 0 aliphatic heterocycles. The van der Waals surface area contributed by atoms with Crippen LogP contribution in [0.3, 0.4) is 0 Å². The molecule has 2 aromatic carbocycles. The SMILES string of the molecule is COc1cc(CNC(=S)Nc2ccc(C(C)=O)cc2)cc(OC)c1OC. The van der Waals surface area contributed by atoms with Gasteiger partial charge in [-0.1, -0.05) is 0 Å². The van der Waals surface area contributed by atoms with E-state index in [0.29, 0.717) is 34.5 Å². The summed E-state index contributed by atoms with van der Waals surface area (Å²) in [5.41, 5.74) is 2.39. The lowest BCUT2D eigenvalue weighted by Gasteiger charge is -2.15. The van der Waals surface area contributed by atoms with Gasteiger partial charge in [0.25, 0.3) is 0 Å². The molecule has 0 amide bonds. The van der Waals surface area contributed by atoms with Crippen molar-refractivity contribution in [3.63, 3.8) is 0 Å². The van der Waals surface area contributed by atoms with Crippen LogP contribution in [0.5, 0.6) is 17.2 Å². The number of ketones is 1. The number of thiocarbonyl (C=S) groups is 1. The number of rotatable bonds is 7. The highest BCUT2D eigenvalue weighted by Gasteiger charge is 2.13. The van der Waals surface area contributed by atoms with Gasteiger partial charge in [-0.25, -0.2) is 0 Å². The van der Waals surface area contributed by atoms with Crippen LogP contribution in [-0.4, -0.2) is 32.2 Å². The third-order valence-electron chi connectivity index (χ3n) is 3.73. The minimum absolute atomic E-state index is 0.0275. The first-order chi connectivity index (χ1) is 12.5. The number of ether oxygens (including phenoxy) is 3. The molecule has 0 heterocycles. The molecule has 2 N–H and O–H groups in total. The van der Waals surface area contributed by atoms with Gasteiger partial charge in [-0.15, -0.1) is 0 Å². The lowest BCUT2D eigenvalue weighted by Crippen LogP contribution is -2.27. The van der Waals surface area contributed by atoms with Gasteiger partial charge in [0.2, 0.25) is 5.75 Å². The third-order valence-corrected chi connectivity index (χ3v) is 3.97. The molecule has 0 unspecified atom stereocenters. The minimum atomic E-state index is 0.0275. The molecule has 2 aromatic rings. The van der Waals surface area contributed by atoms with E-state index in [4.69, 9.17) is 26.4 Å². The largest absolute Gasteiger partial charge is 0.493 e. The molecule has 0 aromatic heterocycles. The van der Waals surface area contributed by atoms with E-state index in [9.17, 15) is 4.79 Å². The van der Waals surface area contributed by atoms with Gasteiger partial charge in [0.05, 0.1) is 21.3 Å². The molecule has 6 nitrogen and oxygen atoms in total. The van der Waals surface area contributed by atoms with Crippen molar-refractivity contribution in [2.75, 3.05) is 26.6 Å². The van der Waals surface area contributed by atoms with Crippen LogP contribution in [-0.2, 0) is 6.54 Å².